The number of nitrogens with one attached hydrogen (secondary N) is 1. The van der Waals surface area contributed by atoms with Crippen LogP contribution < -0.4 is 10.1 Å². The predicted octanol–water partition coefficient (Wildman–Crippen LogP) is 3.43. The van der Waals surface area contributed by atoms with Gasteiger partial charge in [-0.3, -0.25) is 0 Å². The molecule has 0 saturated carbocycles. The van der Waals surface area contributed by atoms with Crippen LogP contribution in [0.15, 0.2) is 12.1 Å². The molecule has 0 aliphatic heterocycles. The Bertz CT molecular complexity index is 533. The summed E-state index contributed by atoms with van der Waals surface area (Å²) in [5.74, 6) is 0.796. The maximum atomic E-state index is 6.11. The first-order valence-corrected chi connectivity index (χ1v) is 6.65. The van der Waals surface area contributed by atoms with E-state index in [1.807, 2.05) is 33.0 Å². The molecule has 1 aromatic carbocycles. The maximum absolute atomic E-state index is 6.11. The van der Waals surface area contributed by atoms with Gasteiger partial charge in [0, 0.05) is 23.6 Å². The highest BCUT2D eigenvalue weighted by Gasteiger charge is 2.08. The summed E-state index contributed by atoms with van der Waals surface area (Å²) in [5.41, 5.74) is 2.83. The molecule has 0 aliphatic rings. The second-order valence-electron chi connectivity index (χ2n) is 3.96. The molecule has 1 N–H and O–H groups in total. The lowest BCUT2D eigenvalue weighted by atomic mass is 10.1. The van der Waals surface area contributed by atoms with Gasteiger partial charge in [0.05, 0.1) is 0 Å². The number of hydrogen-bond donors (Lipinski definition) is 1. The summed E-state index contributed by atoms with van der Waals surface area (Å²) in [6, 6.07) is 3.85. The largest absolute Gasteiger partial charge is 0.487 e. The number of anilines is 1. The summed E-state index contributed by atoms with van der Waals surface area (Å²) in [4.78, 5) is 0. The zero-order valence-corrected chi connectivity index (χ0v) is 12.0. The van der Waals surface area contributed by atoms with Crippen molar-refractivity contribution in [3.63, 3.8) is 0 Å². The Hall–Kier alpha value is -1.33. The van der Waals surface area contributed by atoms with Gasteiger partial charge in [0.15, 0.2) is 0 Å². The lowest BCUT2D eigenvalue weighted by Crippen LogP contribution is -2.00. The molecule has 4 nitrogen and oxygen atoms in total. The van der Waals surface area contributed by atoms with Crippen molar-refractivity contribution < 1.29 is 4.74 Å². The molecule has 0 spiro atoms. The predicted molar refractivity (Wildman–Crippen MR) is 74.7 cm³/mol. The van der Waals surface area contributed by atoms with Crippen LogP contribution in [0.25, 0.3) is 0 Å². The van der Waals surface area contributed by atoms with Crippen LogP contribution in [0.3, 0.4) is 0 Å². The van der Waals surface area contributed by atoms with E-state index in [1.54, 1.807) is 0 Å². The van der Waals surface area contributed by atoms with Gasteiger partial charge in [-0.15, -0.1) is 5.10 Å². The molecule has 0 fully saturated rings. The van der Waals surface area contributed by atoms with Crippen LogP contribution in [0.1, 0.15) is 16.8 Å². The minimum atomic E-state index is 0.396. The van der Waals surface area contributed by atoms with Crippen molar-refractivity contribution in [1.82, 2.24) is 9.59 Å². The van der Waals surface area contributed by atoms with Crippen LogP contribution in [0.5, 0.6) is 5.75 Å². The Balaban J connectivity index is 2.11. The maximum Gasteiger partial charge on any atom is 0.136 e. The molecule has 6 heteroatoms. The van der Waals surface area contributed by atoms with Crippen LogP contribution in [0.2, 0.25) is 5.02 Å². The van der Waals surface area contributed by atoms with Gasteiger partial charge in [-0.2, -0.15) is 0 Å². The van der Waals surface area contributed by atoms with Crippen LogP contribution >= 0.6 is 23.1 Å². The number of nitrogens with zero attached hydrogens (tertiary/aromatic N) is 2. The van der Waals surface area contributed by atoms with Gasteiger partial charge >= 0.3 is 0 Å². The molecule has 0 radical (unpaired) electrons. The first-order chi connectivity index (χ1) is 8.61. The van der Waals surface area contributed by atoms with Crippen molar-refractivity contribution in [3.8, 4) is 5.75 Å². The Labute approximate surface area is 115 Å². The summed E-state index contributed by atoms with van der Waals surface area (Å²) in [5, 5.41) is 8.77. The third-order valence-electron chi connectivity index (χ3n) is 2.57. The van der Waals surface area contributed by atoms with Crippen molar-refractivity contribution in [3.05, 3.63) is 34.0 Å². The summed E-state index contributed by atoms with van der Waals surface area (Å²) < 4.78 is 9.60. The molecule has 18 heavy (non-hydrogen) atoms. The molecule has 1 aromatic heterocycles. The third-order valence-corrected chi connectivity index (χ3v) is 3.95. The number of benzene rings is 1. The highest BCUT2D eigenvalue weighted by atomic mass is 35.5. The van der Waals surface area contributed by atoms with Gasteiger partial charge in [-0.25, -0.2) is 0 Å². The van der Waals surface area contributed by atoms with E-state index < -0.39 is 0 Å². The molecular formula is C12H14ClN3OS. The second kappa shape index (κ2) is 5.54. The van der Waals surface area contributed by atoms with Crippen LogP contribution in [-0.4, -0.2) is 16.6 Å². The van der Waals surface area contributed by atoms with E-state index in [9.17, 15) is 0 Å². The molecule has 0 unspecified atom stereocenters. The fourth-order valence-corrected chi connectivity index (χ4v) is 2.26. The fraction of sp³-hybridized carbons (Fsp3) is 0.333. The van der Waals surface area contributed by atoms with Crippen molar-refractivity contribution >= 4 is 28.1 Å². The topological polar surface area (TPSA) is 47.0 Å². The first kappa shape index (κ1) is 13.1. The first-order valence-electron chi connectivity index (χ1n) is 5.50. The number of ether oxygens (including phenoxy) is 1. The normalized spacial score (nSPS) is 10.4. The molecule has 0 bridgehead atoms. The van der Waals surface area contributed by atoms with Crippen LogP contribution in [-0.2, 0) is 6.61 Å². The molecule has 0 amide bonds. The average Bonchev–Trinajstić information content (AvgIpc) is 2.80. The van der Waals surface area contributed by atoms with E-state index in [2.05, 4.69) is 14.9 Å². The van der Waals surface area contributed by atoms with E-state index in [0.29, 0.717) is 6.61 Å². The molecule has 2 rings (SSSR count). The van der Waals surface area contributed by atoms with Crippen molar-refractivity contribution in [1.29, 1.82) is 0 Å². The van der Waals surface area contributed by atoms with Crippen LogP contribution in [0.4, 0.5) is 5.00 Å². The molecule has 0 saturated heterocycles. The highest BCUT2D eigenvalue weighted by molar-refractivity contribution is 7.10. The zero-order chi connectivity index (χ0) is 13.1. The summed E-state index contributed by atoms with van der Waals surface area (Å²) in [6.07, 6.45) is 0. The number of halogens is 1. The van der Waals surface area contributed by atoms with Gasteiger partial charge in [0.1, 0.15) is 23.1 Å². The third kappa shape index (κ3) is 2.73. The van der Waals surface area contributed by atoms with E-state index >= 15 is 0 Å². The quantitative estimate of drug-likeness (QED) is 0.934. The molecule has 2 aromatic rings. The fourth-order valence-electron chi connectivity index (χ4n) is 1.63. The number of aromatic nitrogens is 2. The number of hydrogen-bond acceptors (Lipinski definition) is 5. The average molecular weight is 284 g/mol. The summed E-state index contributed by atoms with van der Waals surface area (Å²) in [6.45, 7) is 4.32. The smallest absolute Gasteiger partial charge is 0.136 e. The van der Waals surface area contributed by atoms with Gasteiger partial charge in [0.25, 0.3) is 0 Å². The molecule has 0 aliphatic carbocycles. The Kier molecular flexibility index (Phi) is 4.04. The van der Waals surface area contributed by atoms with Gasteiger partial charge < -0.3 is 10.1 Å². The zero-order valence-electron chi connectivity index (χ0n) is 10.5. The minimum absolute atomic E-state index is 0.396. The van der Waals surface area contributed by atoms with E-state index in [1.165, 1.54) is 11.5 Å². The summed E-state index contributed by atoms with van der Waals surface area (Å²) in [7, 11) is 1.84. The van der Waals surface area contributed by atoms with E-state index in [-0.39, 0.29) is 0 Å². The van der Waals surface area contributed by atoms with Crippen molar-refractivity contribution in [2.45, 2.75) is 20.5 Å². The van der Waals surface area contributed by atoms with E-state index in [4.69, 9.17) is 16.3 Å². The van der Waals surface area contributed by atoms with Crippen LogP contribution in [0, 0.1) is 13.8 Å². The second-order valence-corrected chi connectivity index (χ2v) is 5.09. The van der Waals surface area contributed by atoms with Crippen molar-refractivity contribution in [2.75, 3.05) is 12.4 Å². The van der Waals surface area contributed by atoms with Gasteiger partial charge in [0.2, 0.25) is 0 Å². The Morgan fingerprint density at radius 1 is 1.33 bits per heavy atom. The van der Waals surface area contributed by atoms with Gasteiger partial charge in [-0.1, -0.05) is 16.1 Å². The molecule has 96 valence electrons. The standard InChI is InChI=1S/C12H14ClN3OS/c1-7-4-9(5-8(2)11(7)13)17-6-10-12(14-3)18-16-15-10/h4-5,14H,6H2,1-3H3. The Morgan fingerprint density at radius 3 is 2.61 bits per heavy atom. The molecule has 1 heterocycles. The monoisotopic (exact) mass is 283 g/mol. The number of rotatable bonds is 4. The molecular weight excluding hydrogens is 270 g/mol. The van der Waals surface area contributed by atoms with Gasteiger partial charge in [-0.05, 0) is 37.1 Å². The SMILES string of the molecule is CNc1snnc1COc1cc(C)c(Cl)c(C)c1. The van der Waals surface area contributed by atoms with E-state index in [0.717, 1.165) is 32.6 Å². The summed E-state index contributed by atoms with van der Waals surface area (Å²) >= 11 is 7.43. The lowest BCUT2D eigenvalue weighted by molar-refractivity contribution is 0.301. The number of aryl methyl sites for hydroxylation is 2. The highest BCUT2D eigenvalue weighted by Crippen LogP contribution is 2.27. The minimum Gasteiger partial charge on any atom is -0.487 e. The molecule has 0 atom stereocenters. The van der Waals surface area contributed by atoms with Crippen molar-refractivity contribution in [2.24, 2.45) is 0 Å². The Morgan fingerprint density at radius 2 is 2.00 bits per heavy atom. The lowest BCUT2D eigenvalue weighted by Gasteiger charge is -2.09.